The van der Waals surface area contributed by atoms with Gasteiger partial charge in [0.1, 0.15) is 0 Å². The molecule has 3 rings (SSSR count). The van der Waals surface area contributed by atoms with Crippen molar-refractivity contribution in [1.29, 1.82) is 0 Å². The highest BCUT2D eigenvalue weighted by atomic mass is 19.4. The van der Waals surface area contributed by atoms with E-state index in [4.69, 9.17) is 9.31 Å². The van der Waals surface area contributed by atoms with Crippen LogP contribution in [0, 0.1) is 0 Å². The number of alkyl halides is 3. The van der Waals surface area contributed by atoms with Crippen LogP contribution in [0.3, 0.4) is 0 Å². The van der Waals surface area contributed by atoms with E-state index in [2.05, 4.69) is 0 Å². The van der Waals surface area contributed by atoms with Gasteiger partial charge in [-0.15, -0.1) is 0 Å². The van der Waals surface area contributed by atoms with E-state index in [0.29, 0.717) is 0 Å². The normalized spacial score (nSPS) is 29.7. The van der Waals surface area contributed by atoms with Crippen LogP contribution in [0.15, 0.2) is 24.3 Å². The standard InChI is InChI=1S/C16H20BF3O2/c1-14(2)15(3,4)22-17(21-14)13-9-12(13)10-5-7-11(8-6-10)16(18,19)20/h5-8,12-13H,9H2,1-4H3/t12?,13-/m0/s1. The van der Waals surface area contributed by atoms with E-state index >= 15 is 0 Å². The van der Waals surface area contributed by atoms with Gasteiger partial charge >= 0.3 is 13.3 Å². The summed E-state index contributed by atoms with van der Waals surface area (Å²) >= 11 is 0. The predicted molar refractivity (Wildman–Crippen MR) is 78.6 cm³/mol. The minimum atomic E-state index is -4.28. The van der Waals surface area contributed by atoms with Crippen molar-refractivity contribution >= 4 is 7.12 Å². The van der Waals surface area contributed by atoms with E-state index in [1.54, 1.807) is 12.1 Å². The zero-order chi connectivity index (χ0) is 16.3. The third kappa shape index (κ3) is 2.67. The first-order valence-electron chi connectivity index (χ1n) is 7.54. The number of hydrogen-bond acceptors (Lipinski definition) is 2. The fourth-order valence-electron chi connectivity index (χ4n) is 2.88. The van der Waals surface area contributed by atoms with Crippen LogP contribution < -0.4 is 0 Å². The van der Waals surface area contributed by atoms with Crippen LogP contribution in [0.1, 0.15) is 51.2 Å². The molecule has 0 aromatic heterocycles. The van der Waals surface area contributed by atoms with Crippen LogP contribution in [0.25, 0.3) is 0 Å². The molecule has 2 atom stereocenters. The lowest BCUT2D eigenvalue weighted by atomic mass is 9.79. The minimum absolute atomic E-state index is 0.219. The maximum Gasteiger partial charge on any atom is 0.461 e. The lowest BCUT2D eigenvalue weighted by Gasteiger charge is -2.32. The molecule has 2 aliphatic rings. The average Bonchev–Trinajstić information content (AvgIpc) is 3.12. The first-order chi connectivity index (χ1) is 10.0. The molecule has 6 heteroatoms. The highest BCUT2D eigenvalue weighted by molar-refractivity contribution is 6.49. The van der Waals surface area contributed by atoms with Gasteiger partial charge in [0.2, 0.25) is 0 Å². The Balaban J connectivity index is 1.68. The van der Waals surface area contributed by atoms with Crippen molar-refractivity contribution in [1.82, 2.24) is 0 Å². The average molecular weight is 312 g/mol. The van der Waals surface area contributed by atoms with Crippen molar-refractivity contribution in [2.45, 2.75) is 63.2 Å². The Bertz CT molecular complexity index is 550. The highest BCUT2D eigenvalue weighted by Gasteiger charge is 2.59. The molecule has 0 amide bonds. The molecule has 0 radical (unpaired) electrons. The third-order valence-corrected chi connectivity index (χ3v) is 5.13. The Morgan fingerprint density at radius 2 is 1.50 bits per heavy atom. The van der Waals surface area contributed by atoms with Gasteiger partial charge in [0.05, 0.1) is 16.8 Å². The second-order valence-corrected chi connectivity index (χ2v) is 7.25. The third-order valence-electron chi connectivity index (χ3n) is 5.13. The molecule has 1 aromatic rings. The lowest BCUT2D eigenvalue weighted by molar-refractivity contribution is -0.137. The Labute approximate surface area is 129 Å². The van der Waals surface area contributed by atoms with Gasteiger partial charge < -0.3 is 9.31 Å². The van der Waals surface area contributed by atoms with Crippen molar-refractivity contribution in [3.8, 4) is 0 Å². The van der Waals surface area contributed by atoms with Crippen LogP contribution in [0.4, 0.5) is 13.2 Å². The zero-order valence-corrected chi connectivity index (χ0v) is 13.2. The molecule has 22 heavy (non-hydrogen) atoms. The molecule has 1 heterocycles. The molecular formula is C16H20BF3O2. The van der Waals surface area contributed by atoms with E-state index < -0.39 is 11.7 Å². The lowest BCUT2D eigenvalue weighted by Crippen LogP contribution is -2.41. The van der Waals surface area contributed by atoms with Gasteiger partial charge in [0.15, 0.2) is 0 Å². The van der Waals surface area contributed by atoms with Gasteiger partial charge in [-0.05, 0) is 57.7 Å². The maximum absolute atomic E-state index is 12.6. The SMILES string of the molecule is CC1(C)OB([C@H]2CC2c2ccc(C(F)(F)F)cc2)OC1(C)C. The smallest absolute Gasteiger partial charge is 0.403 e. The van der Waals surface area contributed by atoms with Gasteiger partial charge in [-0.2, -0.15) is 13.2 Å². The molecule has 1 unspecified atom stereocenters. The number of hydrogen-bond donors (Lipinski definition) is 0. The van der Waals surface area contributed by atoms with Gasteiger partial charge in [0.25, 0.3) is 0 Å². The molecule has 1 saturated carbocycles. The summed E-state index contributed by atoms with van der Waals surface area (Å²) in [6.07, 6.45) is -3.39. The van der Waals surface area contributed by atoms with Crippen LogP contribution in [0.5, 0.6) is 0 Å². The fourth-order valence-corrected chi connectivity index (χ4v) is 2.88. The van der Waals surface area contributed by atoms with Crippen molar-refractivity contribution < 1.29 is 22.5 Å². The molecule has 1 saturated heterocycles. The Hall–Kier alpha value is -1.01. The van der Waals surface area contributed by atoms with Crippen molar-refractivity contribution in [3.05, 3.63) is 35.4 Å². The first-order valence-corrected chi connectivity index (χ1v) is 7.54. The number of rotatable bonds is 2. The molecule has 1 aromatic carbocycles. The first kappa shape index (κ1) is 15.9. The summed E-state index contributed by atoms with van der Waals surface area (Å²) in [7, 11) is -0.280. The molecule has 2 fully saturated rings. The Morgan fingerprint density at radius 1 is 1.00 bits per heavy atom. The summed E-state index contributed by atoms with van der Waals surface area (Å²) in [5.41, 5.74) is -0.424. The number of halogens is 3. The van der Waals surface area contributed by atoms with Gasteiger partial charge in [0, 0.05) is 5.82 Å². The minimum Gasteiger partial charge on any atom is -0.403 e. The summed E-state index contributed by atoms with van der Waals surface area (Å²) in [6, 6.07) is 5.43. The molecule has 1 aliphatic carbocycles. The van der Waals surface area contributed by atoms with Gasteiger partial charge in [-0.1, -0.05) is 12.1 Å². The molecule has 1 aliphatic heterocycles. The summed E-state index contributed by atoms with van der Waals surface area (Å²) in [4.78, 5) is 0. The monoisotopic (exact) mass is 312 g/mol. The molecular weight excluding hydrogens is 292 g/mol. The molecule has 0 bridgehead atoms. The maximum atomic E-state index is 12.6. The van der Waals surface area contributed by atoms with Crippen molar-refractivity contribution in [2.75, 3.05) is 0 Å². The second-order valence-electron chi connectivity index (χ2n) is 7.25. The van der Waals surface area contributed by atoms with Crippen LogP contribution in [-0.4, -0.2) is 18.3 Å². The predicted octanol–water partition coefficient (Wildman–Crippen LogP) is 4.66. The molecule has 0 spiro atoms. The van der Waals surface area contributed by atoms with Crippen LogP contribution in [-0.2, 0) is 15.5 Å². The second kappa shape index (κ2) is 4.74. The molecule has 2 nitrogen and oxygen atoms in total. The zero-order valence-electron chi connectivity index (χ0n) is 13.2. The van der Waals surface area contributed by atoms with Crippen molar-refractivity contribution in [3.63, 3.8) is 0 Å². The fraction of sp³-hybridized carbons (Fsp3) is 0.625. The van der Waals surface area contributed by atoms with E-state index in [1.165, 1.54) is 0 Å². The molecule has 120 valence electrons. The van der Waals surface area contributed by atoms with Gasteiger partial charge in [-0.25, -0.2) is 0 Å². The Morgan fingerprint density at radius 3 is 1.95 bits per heavy atom. The summed E-state index contributed by atoms with van der Waals surface area (Å²) in [6.45, 7) is 8.01. The van der Waals surface area contributed by atoms with E-state index in [0.717, 1.165) is 24.1 Å². The van der Waals surface area contributed by atoms with E-state index in [9.17, 15) is 13.2 Å². The topological polar surface area (TPSA) is 18.5 Å². The van der Waals surface area contributed by atoms with Gasteiger partial charge in [-0.3, -0.25) is 0 Å². The number of benzene rings is 1. The summed E-state index contributed by atoms with van der Waals surface area (Å²) in [5, 5.41) is 0. The van der Waals surface area contributed by atoms with E-state index in [-0.39, 0.29) is 30.1 Å². The Kier molecular flexibility index (Phi) is 3.42. The van der Waals surface area contributed by atoms with Crippen molar-refractivity contribution in [2.24, 2.45) is 0 Å². The highest BCUT2D eigenvalue weighted by Crippen LogP contribution is 2.58. The summed E-state index contributed by atoms with van der Waals surface area (Å²) in [5.74, 6) is 0.440. The van der Waals surface area contributed by atoms with Crippen LogP contribution >= 0.6 is 0 Å². The van der Waals surface area contributed by atoms with Crippen LogP contribution in [0.2, 0.25) is 5.82 Å². The largest absolute Gasteiger partial charge is 0.461 e. The quantitative estimate of drug-likeness (QED) is 0.740. The van der Waals surface area contributed by atoms with E-state index in [1.807, 2.05) is 27.7 Å². The molecule has 0 N–H and O–H groups in total. The summed E-state index contributed by atoms with van der Waals surface area (Å²) < 4.78 is 49.8.